The summed E-state index contributed by atoms with van der Waals surface area (Å²) in [6, 6.07) is 11.6. The third kappa shape index (κ3) is 2.83. The monoisotopic (exact) mass is 351 g/mol. The Labute approximate surface area is 137 Å². The second kappa shape index (κ2) is 6.04. The van der Waals surface area contributed by atoms with Gasteiger partial charge in [0, 0.05) is 35.1 Å². The molecule has 5 nitrogen and oxygen atoms in total. The van der Waals surface area contributed by atoms with Gasteiger partial charge in [0.25, 0.3) is 10.0 Å². The summed E-state index contributed by atoms with van der Waals surface area (Å²) >= 11 is 7.16. The zero-order valence-electron chi connectivity index (χ0n) is 11.1. The van der Waals surface area contributed by atoms with Gasteiger partial charge in [0.2, 0.25) is 5.13 Å². The summed E-state index contributed by atoms with van der Waals surface area (Å²) in [7, 11) is -3.83. The molecule has 0 unspecified atom stereocenters. The quantitative estimate of drug-likeness (QED) is 0.674. The van der Waals surface area contributed by atoms with E-state index in [-0.39, 0.29) is 10.0 Å². The van der Waals surface area contributed by atoms with E-state index in [1.54, 1.807) is 42.0 Å². The molecule has 0 atom stereocenters. The van der Waals surface area contributed by atoms with E-state index in [2.05, 4.69) is 9.97 Å². The fraction of sp³-hybridized carbons (Fsp3) is 0. The van der Waals surface area contributed by atoms with Gasteiger partial charge < -0.3 is 0 Å². The van der Waals surface area contributed by atoms with Crippen molar-refractivity contribution in [1.29, 1.82) is 0 Å². The van der Waals surface area contributed by atoms with Crippen molar-refractivity contribution in [2.45, 2.75) is 4.90 Å². The second-order valence-corrected chi connectivity index (χ2v) is 7.45. The number of sulfonamides is 1. The van der Waals surface area contributed by atoms with Gasteiger partial charge in [-0.15, -0.1) is 15.2 Å². The van der Waals surface area contributed by atoms with E-state index in [4.69, 9.17) is 11.8 Å². The van der Waals surface area contributed by atoms with Gasteiger partial charge >= 0.3 is 0 Å². The molecule has 0 aliphatic heterocycles. The minimum atomic E-state index is -3.83. The van der Waals surface area contributed by atoms with Crippen LogP contribution in [0.15, 0.2) is 65.1 Å². The molecule has 3 rings (SSSR count). The number of aromatic nitrogens is 2. The van der Waals surface area contributed by atoms with E-state index >= 15 is 0 Å². The first kappa shape index (κ1) is 15.0. The number of nitrogens with zero attached hydrogens (tertiary/aromatic N) is 3. The number of thiazole rings is 1. The minimum absolute atomic E-state index is 0.114. The van der Waals surface area contributed by atoms with Crippen LogP contribution in [-0.2, 0) is 10.0 Å². The van der Waals surface area contributed by atoms with Crippen LogP contribution in [0.3, 0.4) is 0 Å². The maximum Gasteiger partial charge on any atom is 0.280 e. The molecular formula is C14H10ClN3O2S2. The Morgan fingerprint density at radius 2 is 1.86 bits per heavy atom. The number of anilines is 1. The predicted molar refractivity (Wildman–Crippen MR) is 87.3 cm³/mol. The lowest BCUT2D eigenvalue weighted by atomic mass is 10.2. The molecule has 2 heterocycles. The lowest BCUT2D eigenvalue weighted by Gasteiger charge is -2.12. The fourth-order valence-corrected chi connectivity index (χ4v) is 4.17. The van der Waals surface area contributed by atoms with Gasteiger partial charge in [-0.3, -0.25) is 4.98 Å². The number of hydrogen-bond acceptors (Lipinski definition) is 5. The summed E-state index contributed by atoms with van der Waals surface area (Å²) < 4.78 is 25.5. The van der Waals surface area contributed by atoms with E-state index in [0.717, 1.165) is 16.9 Å². The number of benzene rings is 1. The summed E-state index contributed by atoms with van der Waals surface area (Å²) in [4.78, 5) is 8.39. The average Bonchev–Trinajstić information content (AvgIpc) is 3.05. The van der Waals surface area contributed by atoms with Crippen LogP contribution >= 0.6 is 23.1 Å². The van der Waals surface area contributed by atoms with E-state index in [9.17, 15) is 8.42 Å². The van der Waals surface area contributed by atoms with E-state index in [0.29, 0.717) is 9.52 Å². The zero-order valence-corrected chi connectivity index (χ0v) is 13.5. The van der Waals surface area contributed by atoms with Crippen LogP contribution in [0, 0.1) is 0 Å². The molecule has 3 aromatic rings. The van der Waals surface area contributed by atoms with Crippen LogP contribution in [0.4, 0.5) is 5.13 Å². The third-order valence-electron chi connectivity index (χ3n) is 2.85. The summed E-state index contributed by atoms with van der Waals surface area (Å²) in [5.74, 6) is 0. The first-order valence-corrected chi connectivity index (χ1v) is 8.87. The number of rotatable bonds is 4. The van der Waals surface area contributed by atoms with Crippen LogP contribution in [0.5, 0.6) is 0 Å². The smallest absolute Gasteiger partial charge is 0.264 e. The van der Waals surface area contributed by atoms with Gasteiger partial charge in [-0.2, -0.15) is 8.42 Å². The Bertz CT molecular complexity index is 867. The topological polar surface area (TPSA) is 63.2 Å². The van der Waals surface area contributed by atoms with E-state index in [1.165, 1.54) is 12.1 Å². The highest BCUT2D eigenvalue weighted by atomic mass is 35.5. The van der Waals surface area contributed by atoms with Crippen LogP contribution in [0.1, 0.15) is 0 Å². The molecule has 0 amide bonds. The van der Waals surface area contributed by atoms with Crippen LogP contribution < -0.4 is 3.82 Å². The Morgan fingerprint density at radius 3 is 2.55 bits per heavy atom. The highest BCUT2D eigenvalue weighted by Crippen LogP contribution is 2.31. The Hall–Kier alpha value is -1.96. The van der Waals surface area contributed by atoms with Crippen LogP contribution in [-0.4, -0.2) is 18.4 Å². The Kier molecular flexibility index (Phi) is 4.10. The first-order chi connectivity index (χ1) is 10.6. The minimum Gasteiger partial charge on any atom is -0.264 e. The molecule has 0 radical (unpaired) electrons. The Balaban J connectivity index is 1.94. The molecule has 0 bridgehead atoms. The number of halogens is 1. The molecule has 1 aromatic carbocycles. The maximum absolute atomic E-state index is 12.4. The largest absolute Gasteiger partial charge is 0.280 e. The maximum atomic E-state index is 12.4. The molecule has 2 aromatic heterocycles. The highest BCUT2D eigenvalue weighted by Gasteiger charge is 2.26. The number of hydrogen-bond donors (Lipinski definition) is 0. The molecule has 0 saturated heterocycles. The molecule has 8 heteroatoms. The van der Waals surface area contributed by atoms with E-state index < -0.39 is 10.0 Å². The van der Waals surface area contributed by atoms with Crippen molar-refractivity contribution in [1.82, 2.24) is 9.97 Å². The summed E-state index contributed by atoms with van der Waals surface area (Å²) in [5.41, 5.74) is 1.43. The predicted octanol–water partition coefficient (Wildman–Crippen LogP) is 3.55. The summed E-state index contributed by atoms with van der Waals surface area (Å²) in [5, 5.41) is 1.92. The summed E-state index contributed by atoms with van der Waals surface area (Å²) in [6.07, 6.45) is 3.31. The SMILES string of the molecule is O=S(=O)(c1ccccc1)N(Cl)c1nc(-c2cccnc2)cs1. The van der Waals surface area contributed by atoms with Crippen LogP contribution in [0.25, 0.3) is 11.3 Å². The molecule has 0 fully saturated rings. The van der Waals surface area contributed by atoms with Crippen molar-refractivity contribution in [2.24, 2.45) is 0 Å². The van der Waals surface area contributed by atoms with Crippen molar-refractivity contribution in [3.8, 4) is 11.3 Å². The molecule has 0 aliphatic rings. The van der Waals surface area contributed by atoms with Crippen LogP contribution in [0.2, 0.25) is 0 Å². The second-order valence-electron chi connectivity index (χ2n) is 4.29. The fourth-order valence-electron chi connectivity index (χ4n) is 1.78. The van der Waals surface area contributed by atoms with Gasteiger partial charge in [-0.1, -0.05) is 18.2 Å². The van der Waals surface area contributed by atoms with Gasteiger partial charge in [-0.05, 0) is 24.3 Å². The molecule has 0 N–H and O–H groups in total. The van der Waals surface area contributed by atoms with Gasteiger partial charge in [0.1, 0.15) is 0 Å². The normalized spacial score (nSPS) is 11.3. The van der Waals surface area contributed by atoms with Gasteiger partial charge in [0.15, 0.2) is 0 Å². The van der Waals surface area contributed by atoms with Crippen molar-refractivity contribution >= 4 is 38.3 Å². The lowest BCUT2D eigenvalue weighted by molar-refractivity contribution is 0.598. The van der Waals surface area contributed by atoms with E-state index in [1.807, 2.05) is 6.07 Å². The standard InChI is InChI=1S/C14H10ClN3O2S2/c15-18(22(19,20)12-6-2-1-3-7-12)14-17-13(10-21-14)11-5-4-8-16-9-11/h1-10H. The average molecular weight is 352 g/mol. The highest BCUT2D eigenvalue weighted by molar-refractivity contribution is 7.94. The molecular weight excluding hydrogens is 342 g/mol. The third-order valence-corrected chi connectivity index (χ3v) is 6.06. The van der Waals surface area contributed by atoms with Crippen molar-refractivity contribution in [2.75, 3.05) is 3.82 Å². The molecule has 0 saturated carbocycles. The first-order valence-electron chi connectivity index (χ1n) is 6.21. The summed E-state index contributed by atoms with van der Waals surface area (Å²) in [6.45, 7) is 0. The van der Waals surface area contributed by atoms with Crippen molar-refractivity contribution < 1.29 is 8.42 Å². The number of pyridine rings is 1. The molecule has 0 aliphatic carbocycles. The molecule has 0 spiro atoms. The Morgan fingerprint density at radius 1 is 1.09 bits per heavy atom. The van der Waals surface area contributed by atoms with Gasteiger partial charge in [0.05, 0.1) is 10.6 Å². The molecule has 112 valence electrons. The van der Waals surface area contributed by atoms with Gasteiger partial charge in [-0.25, -0.2) is 4.98 Å². The lowest BCUT2D eigenvalue weighted by Crippen LogP contribution is -2.21. The molecule has 22 heavy (non-hydrogen) atoms. The van der Waals surface area contributed by atoms with Crippen molar-refractivity contribution in [3.05, 3.63) is 60.2 Å². The van der Waals surface area contributed by atoms with Crippen molar-refractivity contribution in [3.63, 3.8) is 0 Å². The zero-order chi connectivity index (χ0) is 15.6.